The standard InChI is InChI=1S/C18H18N2O5/c1-11-13(18(22)23)6-7-14(20-11)17(21)19-10-12-4-2-5-15-16(12)25-9-3-8-24-15/h2,4-7H,3,8-10H2,1H3,(H,19,21)(H,22,23). The molecule has 0 saturated heterocycles. The highest BCUT2D eigenvalue weighted by molar-refractivity contribution is 5.94. The van der Waals surface area contributed by atoms with Crippen LogP contribution >= 0.6 is 0 Å². The summed E-state index contributed by atoms with van der Waals surface area (Å²) in [6.07, 6.45) is 0.805. The highest BCUT2D eigenvalue weighted by Crippen LogP contribution is 2.33. The van der Waals surface area contributed by atoms with E-state index in [0.717, 1.165) is 12.0 Å². The summed E-state index contributed by atoms with van der Waals surface area (Å²) in [5.74, 6) is -0.136. The summed E-state index contributed by atoms with van der Waals surface area (Å²) in [4.78, 5) is 27.4. The highest BCUT2D eigenvalue weighted by atomic mass is 16.5. The number of aryl methyl sites for hydroxylation is 1. The predicted octanol–water partition coefficient (Wildman–Crippen LogP) is 2.18. The summed E-state index contributed by atoms with van der Waals surface area (Å²) < 4.78 is 11.3. The van der Waals surface area contributed by atoms with Crippen molar-refractivity contribution in [1.82, 2.24) is 10.3 Å². The Morgan fingerprint density at radius 2 is 2.00 bits per heavy atom. The Morgan fingerprint density at radius 3 is 2.76 bits per heavy atom. The van der Waals surface area contributed by atoms with Gasteiger partial charge in [0.15, 0.2) is 11.5 Å². The van der Waals surface area contributed by atoms with Crippen LogP contribution in [0.15, 0.2) is 30.3 Å². The first-order valence-corrected chi connectivity index (χ1v) is 7.93. The lowest BCUT2D eigenvalue weighted by Crippen LogP contribution is -2.24. The maximum absolute atomic E-state index is 12.3. The van der Waals surface area contributed by atoms with Crippen molar-refractivity contribution in [2.24, 2.45) is 0 Å². The van der Waals surface area contributed by atoms with E-state index in [1.807, 2.05) is 18.2 Å². The van der Waals surface area contributed by atoms with Crippen molar-refractivity contribution < 1.29 is 24.2 Å². The van der Waals surface area contributed by atoms with Crippen molar-refractivity contribution in [3.8, 4) is 11.5 Å². The van der Waals surface area contributed by atoms with Gasteiger partial charge in [-0.1, -0.05) is 12.1 Å². The molecule has 7 heteroatoms. The Kier molecular flexibility index (Phi) is 4.83. The Morgan fingerprint density at radius 1 is 1.20 bits per heavy atom. The normalized spacial score (nSPS) is 13.0. The Balaban J connectivity index is 1.73. The number of para-hydroxylation sites is 1. The minimum Gasteiger partial charge on any atom is -0.490 e. The molecule has 0 aliphatic carbocycles. The van der Waals surface area contributed by atoms with Gasteiger partial charge in [0.1, 0.15) is 5.69 Å². The average Bonchev–Trinajstić information content (AvgIpc) is 2.85. The van der Waals surface area contributed by atoms with E-state index >= 15 is 0 Å². The van der Waals surface area contributed by atoms with Crippen LogP contribution in [0.1, 0.15) is 38.5 Å². The maximum Gasteiger partial charge on any atom is 0.337 e. The molecule has 0 unspecified atom stereocenters. The minimum atomic E-state index is -1.07. The fraction of sp³-hybridized carbons (Fsp3) is 0.278. The van der Waals surface area contributed by atoms with Crippen molar-refractivity contribution in [3.63, 3.8) is 0 Å². The van der Waals surface area contributed by atoms with Gasteiger partial charge in [-0.2, -0.15) is 0 Å². The van der Waals surface area contributed by atoms with E-state index in [0.29, 0.717) is 30.4 Å². The third-order valence-electron chi connectivity index (χ3n) is 3.84. The molecule has 0 bridgehead atoms. The molecule has 2 N–H and O–H groups in total. The van der Waals surface area contributed by atoms with Crippen molar-refractivity contribution >= 4 is 11.9 Å². The lowest BCUT2D eigenvalue weighted by molar-refractivity contribution is 0.0694. The molecule has 2 aromatic rings. The molecule has 0 radical (unpaired) electrons. The van der Waals surface area contributed by atoms with Gasteiger partial charge in [0, 0.05) is 18.5 Å². The molecular weight excluding hydrogens is 324 g/mol. The third kappa shape index (κ3) is 3.71. The molecule has 0 fully saturated rings. The number of carbonyl (C=O) groups excluding carboxylic acids is 1. The number of carbonyl (C=O) groups is 2. The molecule has 0 atom stereocenters. The fourth-order valence-electron chi connectivity index (χ4n) is 2.57. The van der Waals surface area contributed by atoms with E-state index in [4.69, 9.17) is 14.6 Å². The molecule has 130 valence electrons. The summed E-state index contributed by atoms with van der Waals surface area (Å²) in [6, 6.07) is 8.32. The van der Waals surface area contributed by atoms with Crippen LogP contribution in [0.3, 0.4) is 0 Å². The second kappa shape index (κ2) is 7.21. The number of aromatic carboxylic acids is 1. The first-order valence-electron chi connectivity index (χ1n) is 7.93. The van der Waals surface area contributed by atoms with Crippen LogP contribution in [0.25, 0.3) is 0 Å². The van der Waals surface area contributed by atoms with Gasteiger partial charge < -0.3 is 19.9 Å². The van der Waals surface area contributed by atoms with Crippen molar-refractivity contribution in [2.45, 2.75) is 19.9 Å². The van der Waals surface area contributed by atoms with E-state index in [1.54, 1.807) is 6.92 Å². The molecule has 2 heterocycles. The molecule has 1 aliphatic rings. The van der Waals surface area contributed by atoms with Crippen LogP contribution in [0.5, 0.6) is 11.5 Å². The first-order chi connectivity index (χ1) is 12.1. The summed E-state index contributed by atoms with van der Waals surface area (Å²) in [6.45, 7) is 2.98. The second-order valence-electron chi connectivity index (χ2n) is 5.61. The maximum atomic E-state index is 12.3. The number of benzene rings is 1. The topological polar surface area (TPSA) is 97.8 Å². The third-order valence-corrected chi connectivity index (χ3v) is 3.84. The number of pyridine rings is 1. The van der Waals surface area contributed by atoms with Gasteiger partial charge in [-0.3, -0.25) is 4.79 Å². The first kappa shape index (κ1) is 16.8. The van der Waals surface area contributed by atoms with Gasteiger partial charge in [-0.15, -0.1) is 0 Å². The number of aromatic nitrogens is 1. The molecule has 25 heavy (non-hydrogen) atoms. The number of carboxylic acids is 1. The van der Waals surface area contributed by atoms with Crippen LogP contribution in [0.4, 0.5) is 0 Å². The van der Waals surface area contributed by atoms with Gasteiger partial charge in [-0.25, -0.2) is 9.78 Å². The van der Waals surface area contributed by atoms with Crippen LogP contribution in [0.2, 0.25) is 0 Å². The SMILES string of the molecule is Cc1nc(C(=O)NCc2cccc3c2OCCCO3)ccc1C(=O)O. The Hall–Kier alpha value is -3.09. The number of hydrogen-bond donors (Lipinski definition) is 2. The molecule has 0 spiro atoms. The van der Waals surface area contributed by atoms with E-state index < -0.39 is 5.97 Å². The van der Waals surface area contributed by atoms with Gasteiger partial charge >= 0.3 is 5.97 Å². The number of amides is 1. The van der Waals surface area contributed by atoms with Crippen LogP contribution in [-0.2, 0) is 6.54 Å². The number of fused-ring (bicyclic) bond motifs is 1. The van der Waals surface area contributed by atoms with Crippen molar-refractivity contribution in [1.29, 1.82) is 0 Å². The van der Waals surface area contributed by atoms with Crippen LogP contribution in [0, 0.1) is 6.92 Å². The molecule has 3 rings (SSSR count). The molecule has 1 aromatic carbocycles. The van der Waals surface area contributed by atoms with Gasteiger partial charge in [0.05, 0.1) is 24.5 Å². The fourth-order valence-corrected chi connectivity index (χ4v) is 2.57. The molecule has 1 amide bonds. The van der Waals surface area contributed by atoms with Gasteiger partial charge in [0.25, 0.3) is 5.91 Å². The lowest BCUT2D eigenvalue weighted by Gasteiger charge is -2.13. The summed E-state index contributed by atoms with van der Waals surface area (Å²) in [5.41, 5.74) is 1.36. The Bertz CT molecular complexity index is 819. The zero-order chi connectivity index (χ0) is 17.8. The molecule has 1 aliphatic heterocycles. The van der Waals surface area contributed by atoms with Gasteiger partial charge in [-0.05, 0) is 25.1 Å². The number of nitrogens with one attached hydrogen (secondary N) is 1. The molecule has 7 nitrogen and oxygen atoms in total. The predicted molar refractivity (Wildman–Crippen MR) is 89.2 cm³/mol. The average molecular weight is 342 g/mol. The molecular formula is C18H18N2O5. The summed E-state index contributed by atoms with van der Waals surface area (Å²) in [7, 11) is 0. The largest absolute Gasteiger partial charge is 0.490 e. The van der Waals surface area contributed by atoms with Gasteiger partial charge in [0.2, 0.25) is 0 Å². The van der Waals surface area contributed by atoms with E-state index in [1.165, 1.54) is 12.1 Å². The zero-order valence-electron chi connectivity index (χ0n) is 13.7. The summed E-state index contributed by atoms with van der Waals surface area (Å²) in [5, 5.41) is 11.8. The zero-order valence-corrected chi connectivity index (χ0v) is 13.7. The minimum absolute atomic E-state index is 0.0791. The van der Waals surface area contributed by atoms with Crippen LogP contribution in [-0.4, -0.2) is 35.2 Å². The van der Waals surface area contributed by atoms with E-state index in [9.17, 15) is 9.59 Å². The molecule has 0 saturated carbocycles. The number of ether oxygens (including phenoxy) is 2. The second-order valence-corrected chi connectivity index (χ2v) is 5.61. The lowest BCUT2D eigenvalue weighted by atomic mass is 10.1. The van der Waals surface area contributed by atoms with E-state index in [2.05, 4.69) is 10.3 Å². The highest BCUT2D eigenvalue weighted by Gasteiger charge is 2.16. The number of hydrogen-bond acceptors (Lipinski definition) is 5. The van der Waals surface area contributed by atoms with Crippen LogP contribution < -0.4 is 14.8 Å². The number of carboxylic acid groups (broad SMARTS) is 1. The van der Waals surface area contributed by atoms with Crippen molar-refractivity contribution in [3.05, 3.63) is 52.8 Å². The smallest absolute Gasteiger partial charge is 0.337 e. The Labute approximate surface area is 144 Å². The monoisotopic (exact) mass is 342 g/mol. The van der Waals surface area contributed by atoms with Crippen molar-refractivity contribution in [2.75, 3.05) is 13.2 Å². The quantitative estimate of drug-likeness (QED) is 0.884. The van der Waals surface area contributed by atoms with E-state index in [-0.39, 0.29) is 23.7 Å². The number of rotatable bonds is 4. The molecule has 1 aromatic heterocycles. The summed E-state index contributed by atoms with van der Waals surface area (Å²) >= 11 is 0. The number of nitrogens with zero attached hydrogens (tertiary/aromatic N) is 1.